The van der Waals surface area contributed by atoms with Crippen molar-refractivity contribution in [3.8, 4) is 0 Å². The van der Waals surface area contributed by atoms with E-state index in [-0.39, 0.29) is 11.5 Å². The van der Waals surface area contributed by atoms with Gasteiger partial charge in [0.2, 0.25) is 0 Å². The number of alkyl halides is 1. The van der Waals surface area contributed by atoms with Gasteiger partial charge >= 0.3 is 0 Å². The van der Waals surface area contributed by atoms with Crippen LogP contribution in [0.3, 0.4) is 0 Å². The van der Waals surface area contributed by atoms with Gasteiger partial charge in [0, 0.05) is 23.3 Å². The van der Waals surface area contributed by atoms with Crippen molar-refractivity contribution in [1.82, 2.24) is 0 Å². The van der Waals surface area contributed by atoms with Gasteiger partial charge in [0.05, 0.1) is 9.35 Å². The summed E-state index contributed by atoms with van der Waals surface area (Å²) in [6.45, 7) is 0. The fourth-order valence-corrected chi connectivity index (χ4v) is 1.49. The van der Waals surface area contributed by atoms with Gasteiger partial charge in [-0.3, -0.25) is 14.9 Å². The summed E-state index contributed by atoms with van der Waals surface area (Å²) in [5.41, 5.74) is 0.998. The number of rotatable bonds is 4. The minimum Gasteiger partial charge on any atom is -0.303 e. The molecule has 0 aliphatic carbocycles. The molecule has 6 heteroatoms. The van der Waals surface area contributed by atoms with Crippen LogP contribution in [0.5, 0.6) is 0 Å². The van der Waals surface area contributed by atoms with Crippen LogP contribution in [0.4, 0.5) is 5.69 Å². The fraction of sp³-hybridized carbons (Fsp3) is 0.0667. The average Bonchev–Trinajstić information content (AvgIpc) is 2.55. The molecule has 0 aliphatic rings. The van der Waals surface area contributed by atoms with Crippen LogP contribution in [0.2, 0.25) is 0 Å². The Hall–Kier alpha value is -2.09. The molecule has 0 unspecified atom stereocenters. The highest BCUT2D eigenvalue weighted by Gasteiger charge is 2.10. The maximum absolute atomic E-state index is 12.0. The van der Waals surface area contributed by atoms with Gasteiger partial charge < -0.3 is 4.79 Å². The summed E-state index contributed by atoms with van der Waals surface area (Å²) < 4.78 is 0.609. The van der Waals surface area contributed by atoms with Crippen LogP contribution in [0.15, 0.2) is 54.6 Å². The lowest BCUT2D eigenvalue weighted by Gasteiger charge is -2.00. The number of hydrogen-bond acceptors (Lipinski definition) is 4. The molecule has 0 N–H and O–H groups in total. The predicted molar refractivity (Wildman–Crippen MR) is 87.9 cm³/mol. The first-order valence-electron chi connectivity index (χ1n) is 5.94. The molecule has 0 fully saturated rings. The van der Waals surface area contributed by atoms with E-state index in [0.717, 1.165) is 6.29 Å². The van der Waals surface area contributed by atoms with Gasteiger partial charge in [-0.2, -0.15) is 0 Å². The van der Waals surface area contributed by atoms with Crippen molar-refractivity contribution in [1.29, 1.82) is 0 Å². The normalized spacial score (nSPS) is 9.19. The lowest BCUT2D eigenvalue weighted by molar-refractivity contribution is -0.384. The Morgan fingerprint density at radius 2 is 1.52 bits per heavy atom. The number of halogens is 1. The van der Waals surface area contributed by atoms with Crippen LogP contribution in [0, 0.1) is 10.1 Å². The van der Waals surface area contributed by atoms with E-state index >= 15 is 0 Å². The minimum atomic E-state index is -0.489. The van der Waals surface area contributed by atoms with E-state index in [2.05, 4.69) is 0 Å². The van der Waals surface area contributed by atoms with Gasteiger partial charge in [0.15, 0.2) is 5.78 Å². The molecule has 0 atom stereocenters. The highest BCUT2D eigenvalue weighted by atomic mass is 127. The number of nitro benzene ring substituents is 1. The molecule has 0 heterocycles. The zero-order chi connectivity index (χ0) is 15.7. The summed E-state index contributed by atoms with van der Waals surface area (Å²) in [6, 6.07) is 14.4. The molecule has 2 rings (SSSR count). The first kappa shape index (κ1) is 17.0. The summed E-state index contributed by atoms with van der Waals surface area (Å²) in [4.78, 5) is 31.1. The number of aldehydes is 1. The molecule has 5 nitrogen and oxygen atoms in total. The quantitative estimate of drug-likeness (QED) is 0.198. The van der Waals surface area contributed by atoms with Crippen molar-refractivity contribution < 1.29 is 14.5 Å². The van der Waals surface area contributed by atoms with E-state index in [1.807, 2.05) is 28.7 Å². The first-order chi connectivity index (χ1) is 10.1. The van der Waals surface area contributed by atoms with Gasteiger partial charge in [-0.15, -0.1) is 0 Å². The zero-order valence-corrected chi connectivity index (χ0v) is 13.1. The van der Waals surface area contributed by atoms with Gasteiger partial charge in [-0.05, 0) is 12.1 Å². The lowest BCUT2D eigenvalue weighted by atomic mass is 10.0. The Kier molecular flexibility index (Phi) is 7.24. The Morgan fingerprint density at radius 1 is 1.05 bits per heavy atom. The maximum Gasteiger partial charge on any atom is 0.269 e. The number of hydrogen-bond donors (Lipinski definition) is 0. The molecule has 0 aliphatic heterocycles. The molecule has 0 aromatic heterocycles. The molecule has 0 saturated carbocycles. The molecule has 2 aromatic rings. The van der Waals surface area contributed by atoms with Gasteiger partial charge in [0.1, 0.15) is 6.29 Å². The van der Waals surface area contributed by atoms with E-state index in [0.29, 0.717) is 15.6 Å². The van der Waals surface area contributed by atoms with Crippen molar-refractivity contribution in [3.05, 3.63) is 75.8 Å². The van der Waals surface area contributed by atoms with Crippen LogP contribution in [0.25, 0.3) is 0 Å². The highest BCUT2D eigenvalue weighted by molar-refractivity contribution is 14.1. The molecule has 0 amide bonds. The summed E-state index contributed by atoms with van der Waals surface area (Å²) in [5, 5.41) is 10.5. The van der Waals surface area contributed by atoms with Crippen LogP contribution < -0.4 is 0 Å². The number of nitro groups is 1. The molecule has 108 valence electrons. The second kappa shape index (κ2) is 8.96. The first-order valence-corrected chi connectivity index (χ1v) is 7.46. The van der Waals surface area contributed by atoms with Crippen molar-refractivity contribution in [2.24, 2.45) is 0 Å². The van der Waals surface area contributed by atoms with Crippen LogP contribution >= 0.6 is 22.6 Å². The predicted octanol–water partition coefficient (Wildman–Crippen LogP) is 3.45. The van der Waals surface area contributed by atoms with Crippen molar-refractivity contribution in [2.45, 2.75) is 0 Å². The van der Waals surface area contributed by atoms with Gasteiger partial charge in [-0.25, -0.2) is 0 Å². The zero-order valence-electron chi connectivity index (χ0n) is 10.9. The van der Waals surface area contributed by atoms with Gasteiger partial charge in [-0.1, -0.05) is 52.9 Å². The third-order valence-electron chi connectivity index (χ3n) is 2.44. The summed E-state index contributed by atoms with van der Waals surface area (Å²) >= 11 is 1.98. The smallest absolute Gasteiger partial charge is 0.269 e. The lowest BCUT2D eigenvalue weighted by Crippen LogP contribution is -2.00. The number of carbonyl (C=O) groups is 2. The maximum atomic E-state index is 12.0. The van der Waals surface area contributed by atoms with Crippen molar-refractivity contribution >= 4 is 40.3 Å². The Labute approximate surface area is 135 Å². The van der Waals surface area contributed by atoms with E-state index in [4.69, 9.17) is 4.79 Å². The average molecular weight is 397 g/mol. The van der Waals surface area contributed by atoms with Crippen LogP contribution in [-0.4, -0.2) is 21.4 Å². The summed E-state index contributed by atoms with van der Waals surface area (Å²) in [5.74, 6) is -0.138. The molecule has 0 saturated heterocycles. The second-order valence-corrected chi connectivity index (χ2v) is 4.70. The Bertz CT molecular complexity index is 611. The largest absolute Gasteiger partial charge is 0.303 e. The van der Waals surface area contributed by atoms with Crippen molar-refractivity contribution in [3.63, 3.8) is 0 Å². The molecule has 0 bridgehead atoms. The number of ketones is 1. The monoisotopic (exact) mass is 397 g/mol. The fourth-order valence-electron chi connectivity index (χ4n) is 1.49. The van der Waals surface area contributed by atoms with Gasteiger partial charge in [0.25, 0.3) is 5.69 Å². The highest BCUT2D eigenvalue weighted by Crippen LogP contribution is 2.15. The molecule has 2 aromatic carbocycles. The summed E-state index contributed by atoms with van der Waals surface area (Å²) in [7, 11) is 0. The summed E-state index contributed by atoms with van der Waals surface area (Å²) in [6.07, 6.45) is 0.862. The number of non-ortho nitro benzene ring substituents is 1. The third kappa shape index (κ3) is 5.42. The van der Waals surface area contributed by atoms with E-state index in [1.54, 1.807) is 24.3 Å². The molecular formula is C15H12INO4. The van der Waals surface area contributed by atoms with Crippen molar-refractivity contribution in [2.75, 3.05) is 4.43 Å². The van der Waals surface area contributed by atoms with Crippen LogP contribution in [-0.2, 0) is 4.79 Å². The van der Waals surface area contributed by atoms with E-state index in [1.165, 1.54) is 24.3 Å². The molecular weight excluding hydrogens is 385 g/mol. The van der Waals surface area contributed by atoms with Crippen LogP contribution in [0.1, 0.15) is 15.9 Å². The Balaban J connectivity index is 0.000000491. The molecule has 0 radical (unpaired) electrons. The topological polar surface area (TPSA) is 77.3 Å². The standard InChI is InChI=1S/C13H9NO3.C2H3IO/c15-13(10-4-2-1-3-5-10)11-6-8-12(9-7-11)14(16)17;3-1-2-4/h1-9H;2H,1H2. The van der Waals surface area contributed by atoms with E-state index in [9.17, 15) is 14.9 Å². The second-order valence-electron chi connectivity index (χ2n) is 3.82. The number of carbonyl (C=O) groups excluding carboxylic acids is 2. The SMILES string of the molecule is O=C(c1ccccc1)c1ccc([N+](=O)[O-])cc1.O=CCI. The Morgan fingerprint density at radius 3 is 1.95 bits per heavy atom. The number of nitrogens with zero attached hydrogens (tertiary/aromatic N) is 1. The minimum absolute atomic E-state index is 0.0189. The van der Waals surface area contributed by atoms with E-state index < -0.39 is 4.92 Å². The molecule has 21 heavy (non-hydrogen) atoms. The third-order valence-corrected chi connectivity index (χ3v) is 2.80. The number of benzene rings is 2. The molecule has 0 spiro atoms.